The second kappa shape index (κ2) is 8.06. The van der Waals surface area contributed by atoms with E-state index in [4.69, 9.17) is 5.73 Å². The molecule has 0 aromatic heterocycles. The molecule has 0 unspecified atom stereocenters. The number of fused-ring (bicyclic) bond motifs is 1. The summed E-state index contributed by atoms with van der Waals surface area (Å²) in [6.07, 6.45) is 8.28. The van der Waals surface area contributed by atoms with Gasteiger partial charge in [-0.15, -0.1) is 0 Å². The van der Waals surface area contributed by atoms with Crippen LogP contribution in [-0.2, 0) is 27.7 Å². The van der Waals surface area contributed by atoms with Gasteiger partial charge in [0.05, 0.1) is 10.4 Å². The Morgan fingerprint density at radius 1 is 1.08 bits per heavy atom. The highest BCUT2D eigenvalue weighted by molar-refractivity contribution is 7.89. The number of benzene rings is 1. The number of nitrogens with one attached hydrogen (secondary N) is 2. The van der Waals surface area contributed by atoms with Crippen LogP contribution in [0.1, 0.15) is 56.1 Å². The number of aryl methyl sites for hydroxylation is 2. The largest absolute Gasteiger partial charge is 0.349 e. The first-order valence-corrected chi connectivity index (χ1v) is 11.1. The molecule has 1 saturated carbocycles. The van der Waals surface area contributed by atoms with Gasteiger partial charge in [-0.25, -0.2) is 13.1 Å². The van der Waals surface area contributed by atoms with E-state index in [9.17, 15) is 13.2 Å². The quantitative estimate of drug-likeness (QED) is 0.670. The third-order valence-electron chi connectivity index (χ3n) is 5.63. The maximum absolute atomic E-state index is 12.5. The molecule has 2 aliphatic carbocycles. The lowest BCUT2D eigenvalue weighted by molar-refractivity contribution is -0.122. The van der Waals surface area contributed by atoms with Crippen molar-refractivity contribution < 1.29 is 13.2 Å². The van der Waals surface area contributed by atoms with E-state index < -0.39 is 10.0 Å². The molecule has 1 amide bonds. The van der Waals surface area contributed by atoms with Crippen molar-refractivity contribution in [1.29, 1.82) is 0 Å². The molecule has 3 rings (SSSR count). The zero-order valence-corrected chi connectivity index (χ0v) is 16.0. The zero-order chi connectivity index (χ0) is 18.6. The molecule has 1 fully saturated rings. The van der Waals surface area contributed by atoms with Crippen molar-refractivity contribution in [3.63, 3.8) is 0 Å². The maximum Gasteiger partial charge on any atom is 0.240 e. The summed E-state index contributed by atoms with van der Waals surface area (Å²) in [6, 6.07) is 5.36. The Balaban J connectivity index is 1.54. The lowest BCUT2D eigenvalue weighted by Gasteiger charge is -2.28. The van der Waals surface area contributed by atoms with Gasteiger partial charge in [-0.1, -0.05) is 18.9 Å². The zero-order valence-electron chi connectivity index (χ0n) is 15.2. The number of rotatable bonds is 7. The maximum atomic E-state index is 12.5. The number of nitrogens with two attached hydrogens (primary N) is 1. The lowest BCUT2D eigenvalue weighted by Crippen LogP contribution is -2.52. The molecule has 7 heteroatoms. The van der Waals surface area contributed by atoms with Crippen molar-refractivity contribution in [1.82, 2.24) is 10.0 Å². The summed E-state index contributed by atoms with van der Waals surface area (Å²) in [5.41, 5.74) is 7.90. The van der Waals surface area contributed by atoms with Crippen molar-refractivity contribution in [2.45, 2.75) is 68.2 Å². The van der Waals surface area contributed by atoms with Crippen molar-refractivity contribution in [2.24, 2.45) is 5.73 Å². The van der Waals surface area contributed by atoms with Crippen LogP contribution in [0.5, 0.6) is 0 Å². The number of amides is 1. The monoisotopic (exact) mass is 379 g/mol. The standard InChI is InChI=1S/C19H29N3O3S/c20-14-19(10-3-4-11-19)22-18(23)9-12-21-26(24,25)17-8-7-15-5-1-2-6-16(15)13-17/h7-8,13,21H,1-6,9-12,14,20H2,(H,22,23). The van der Waals surface area contributed by atoms with E-state index in [0.717, 1.165) is 56.9 Å². The number of carbonyl (C=O) groups excluding carboxylic acids is 1. The summed E-state index contributed by atoms with van der Waals surface area (Å²) in [5.74, 6) is -0.148. The molecule has 6 nitrogen and oxygen atoms in total. The summed E-state index contributed by atoms with van der Waals surface area (Å²) in [5, 5.41) is 3.01. The molecule has 2 aliphatic rings. The molecule has 1 aromatic carbocycles. The van der Waals surface area contributed by atoms with Crippen LogP contribution in [0.2, 0.25) is 0 Å². The fourth-order valence-corrected chi connectivity index (χ4v) is 5.13. The van der Waals surface area contributed by atoms with E-state index in [0.29, 0.717) is 6.54 Å². The third-order valence-corrected chi connectivity index (χ3v) is 7.09. The van der Waals surface area contributed by atoms with Gasteiger partial charge in [-0.3, -0.25) is 4.79 Å². The van der Waals surface area contributed by atoms with Crippen molar-refractivity contribution in [3.8, 4) is 0 Å². The van der Waals surface area contributed by atoms with E-state index in [1.807, 2.05) is 6.07 Å². The van der Waals surface area contributed by atoms with Gasteiger partial charge in [0.1, 0.15) is 0 Å². The van der Waals surface area contributed by atoms with Crippen LogP contribution in [0.25, 0.3) is 0 Å². The summed E-state index contributed by atoms with van der Waals surface area (Å²) in [7, 11) is -3.59. The summed E-state index contributed by atoms with van der Waals surface area (Å²) < 4.78 is 27.5. The van der Waals surface area contributed by atoms with E-state index >= 15 is 0 Å². The minimum atomic E-state index is -3.59. The predicted molar refractivity (Wildman–Crippen MR) is 101 cm³/mol. The summed E-state index contributed by atoms with van der Waals surface area (Å²) in [4.78, 5) is 12.5. The van der Waals surface area contributed by atoms with Crippen LogP contribution in [0.4, 0.5) is 0 Å². The van der Waals surface area contributed by atoms with Crippen LogP contribution in [0.15, 0.2) is 23.1 Å². The van der Waals surface area contributed by atoms with Crippen LogP contribution < -0.4 is 15.8 Å². The number of sulfonamides is 1. The first-order valence-electron chi connectivity index (χ1n) is 9.57. The van der Waals surface area contributed by atoms with Crippen molar-refractivity contribution in [3.05, 3.63) is 29.3 Å². The van der Waals surface area contributed by atoms with Gasteiger partial charge in [0.2, 0.25) is 15.9 Å². The van der Waals surface area contributed by atoms with Gasteiger partial charge >= 0.3 is 0 Å². The average molecular weight is 380 g/mol. The molecular formula is C19H29N3O3S. The highest BCUT2D eigenvalue weighted by Gasteiger charge is 2.33. The van der Waals surface area contributed by atoms with Gasteiger partial charge in [-0.05, 0) is 61.8 Å². The van der Waals surface area contributed by atoms with Gasteiger partial charge in [-0.2, -0.15) is 0 Å². The van der Waals surface area contributed by atoms with Gasteiger partial charge in [0, 0.05) is 19.5 Å². The molecule has 144 valence electrons. The number of hydrogen-bond acceptors (Lipinski definition) is 4. The molecule has 0 saturated heterocycles. The Labute approximate surface area is 156 Å². The molecule has 0 heterocycles. The van der Waals surface area contributed by atoms with Gasteiger partial charge < -0.3 is 11.1 Å². The van der Waals surface area contributed by atoms with Crippen molar-refractivity contribution in [2.75, 3.05) is 13.1 Å². The number of hydrogen-bond donors (Lipinski definition) is 3. The summed E-state index contributed by atoms with van der Waals surface area (Å²) in [6.45, 7) is 0.519. The molecule has 0 atom stereocenters. The Bertz CT molecular complexity index is 755. The van der Waals surface area contributed by atoms with Crippen LogP contribution in [0, 0.1) is 0 Å². The van der Waals surface area contributed by atoms with E-state index in [2.05, 4.69) is 10.0 Å². The lowest BCUT2D eigenvalue weighted by atomic mass is 9.92. The second-order valence-electron chi connectivity index (χ2n) is 7.53. The molecule has 0 aliphatic heterocycles. The molecule has 4 N–H and O–H groups in total. The third kappa shape index (κ3) is 4.45. The Hall–Kier alpha value is -1.44. The Morgan fingerprint density at radius 2 is 1.77 bits per heavy atom. The first kappa shape index (κ1) is 19.3. The SMILES string of the molecule is NCC1(NC(=O)CCNS(=O)(=O)c2ccc3c(c2)CCCC3)CCCC1. The van der Waals surface area contributed by atoms with Crippen LogP contribution in [-0.4, -0.2) is 33.0 Å². The van der Waals surface area contributed by atoms with E-state index in [1.165, 1.54) is 5.56 Å². The Kier molecular flexibility index (Phi) is 5.99. The molecule has 0 bridgehead atoms. The van der Waals surface area contributed by atoms with E-state index in [-0.39, 0.29) is 29.3 Å². The number of carbonyl (C=O) groups is 1. The molecular weight excluding hydrogens is 350 g/mol. The topological polar surface area (TPSA) is 101 Å². The molecule has 0 spiro atoms. The smallest absolute Gasteiger partial charge is 0.240 e. The van der Waals surface area contributed by atoms with Crippen molar-refractivity contribution >= 4 is 15.9 Å². The highest BCUT2D eigenvalue weighted by atomic mass is 32.2. The summed E-state index contributed by atoms with van der Waals surface area (Å²) >= 11 is 0. The first-order chi connectivity index (χ1) is 12.4. The fourth-order valence-electron chi connectivity index (χ4n) is 4.05. The van der Waals surface area contributed by atoms with Gasteiger partial charge in [0.15, 0.2) is 0 Å². The predicted octanol–water partition coefficient (Wildman–Crippen LogP) is 1.62. The van der Waals surface area contributed by atoms with Gasteiger partial charge in [0.25, 0.3) is 0 Å². The average Bonchev–Trinajstić information content (AvgIpc) is 3.10. The van der Waals surface area contributed by atoms with Crippen LogP contribution >= 0.6 is 0 Å². The molecule has 1 aromatic rings. The minimum absolute atomic E-state index is 0.0892. The molecule has 0 radical (unpaired) electrons. The highest BCUT2D eigenvalue weighted by Crippen LogP contribution is 2.28. The Morgan fingerprint density at radius 3 is 2.46 bits per heavy atom. The van der Waals surface area contributed by atoms with Crippen LogP contribution in [0.3, 0.4) is 0 Å². The second-order valence-corrected chi connectivity index (χ2v) is 9.29. The normalized spacial score (nSPS) is 19.1. The molecule has 26 heavy (non-hydrogen) atoms. The minimum Gasteiger partial charge on any atom is -0.349 e. The van der Waals surface area contributed by atoms with E-state index in [1.54, 1.807) is 12.1 Å². The fraction of sp³-hybridized carbons (Fsp3) is 0.632.